The van der Waals surface area contributed by atoms with Crippen LogP contribution in [0.4, 0.5) is 10.1 Å². The lowest BCUT2D eigenvalue weighted by atomic mass is 10.2. The van der Waals surface area contributed by atoms with Crippen LogP contribution in [0.5, 0.6) is 0 Å². The lowest BCUT2D eigenvalue weighted by Crippen LogP contribution is -2.30. The van der Waals surface area contributed by atoms with Crippen LogP contribution in [0.2, 0.25) is 0 Å². The third kappa shape index (κ3) is 4.68. The number of aromatic nitrogens is 4. The fourth-order valence-electron chi connectivity index (χ4n) is 2.95. The lowest BCUT2D eigenvalue weighted by Gasteiger charge is -2.17. The summed E-state index contributed by atoms with van der Waals surface area (Å²) in [5.74, 6) is -0.906. The van der Waals surface area contributed by atoms with Crippen LogP contribution in [-0.2, 0) is 24.9 Å². The van der Waals surface area contributed by atoms with Gasteiger partial charge in [-0.25, -0.2) is 4.39 Å². The normalized spacial score (nSPS) is 10.8. The van der Waals surface area contributed by atoms with Gasteiger partial charge in [-0.15, -0.1) is 0 Å². The molecular formula is C20H23FN6O2. The Morgan fingerprint density at radius 2 is 1.90 bits per heavy atom. The van der Waals surface area contributed by atoms with E-state index in [9.17, 15) is 14.0 Å². The summed E-state index contributed by atoms with van der Waals surface area (Å²) in [5, 5.41) is 11.2. The number of nitrogens with one attached hydrogen (secondary N) is 1. The molecule has 0 spiro atoms. The van der Waals surface area contributed by atoms with Gasteiger partial charge in [0.15, 0.2) is 0 Å². The Kier molecular flexibility index (Phi) is 5.76. The second kappa shape index (κ2) is 8.26. The molecule has 3 rings (SSSR count). The molecule has 0 aliphatic carbocycles. The number of halogens is 1. The van der Waals surface area contributed by atoms with Crippen LogP contribution in [0, 0.1) is 19.7 Å². The van der Waals surface area contributed by atoms with Crippen molar-refractivity contribution in [3.63, 3.8) is 0 Å². The summed E-state index contributed by atoms with van der Waals surface area (Å²) in [4.78, 5) is 26.3. The van der Waals surface area contributed by atoms with Crippen LogP contribution in [0.25, 0.3) is 0 Å². The van der Waals surface area contributed by atoms with Crippen molar-refractivity contribution in [1.29, 1.82) is 0 Å². The standard InChI is InChI=1S/C20H23FN6O2/c1-13-18(14(2)26(4)24-13)11-25(3)19(28)12-27-10-17(9-22-27)23-20(29)15-5-7-16(21)8-6-15/h5-10H,11-12H2,1-4H3,(H,23,29). The summed E-state index contributed by atoms with van der Waals surface area (Å²) in [7, 11) is 3.61. The van der Waals surface area contributed by atoms with Gasteiger partial charge in [-0.1, -0.05) is 0 Å². The van der Waals surface area contributed by atoms with Crippen molar-refractivity contribution in [2.45, 2.75) is 26.9 Å². The maximum absolute atomic E-state index is 13.0. The van der Waals surface area contributed by atoms with Gasteiger partial charge in [0.25, 0.3) is 5.91 Å². The molecule has 0 bridgehead atoms. The Morgan fingerprint density at radius 3 is 2.52 bits per heavy atom. The van der Waals surface area contributed by atoms with Crippen molar-refractivity contribution < 1.29 is 14.0 Å². The first kappa shape index (κ1) is 20.2. The van der Waals surface area contributed by atoms with Gasteiger partial charge < -0.3 is 10.2 Å². The number of anilines is 1. The molecule has 2 heterocycles. The summed E-state index contributed by atoms with van der Waals surface area (Å²) < 4.78 is 16.2. The smallest absolute Gasteiger partial charge is 0.255 e. The van der Waals surface area contributed by atoms with Crippen molar-refractivity contribution in [3.05, 3.63) is 65.0 Å². The molecule has 1 aromatic carbocycles. The van der Waals surface area contributed by atoms with Gasteiger partial charge in [0, 0.05) is 43.7 Å². The molecule has 0 saturated carbocycles. The second-order valence-corrected chi connectivity index (χ2v) is 6.91. The van der Waals surface area contributed by atoms with Gasteiger partial charge in [-0.05, 0) is 38.1 Å². The second-order valence-electron chi connectivity index (χ2n) is 6.91. The first-order valence-electron chi connectivity index (χ1n) is 9.07. The number of nitrogens with zero attached hydrogens (tertiary/aromatic N) is 5. The largest absolute Gasteiger partial charge is 0.340 e. The first-order chi connectivity index (χ1) is 13.7. The van der Waals surface area contributed by atoms with E-state index < -0.39 is 5.82 Å². The van der Waals surface area contributed by atoms with Crippen LogP contribution in [0.3, 0.4) is 0 Å². The predicted molar refractivity (Wildman–Crippen MR) is 106 cm³/mol. The van der Waals surface area contributed by atoms with Gasteiger partial charge in [0.1, 0.15) is 12.4 Å². The molecule has 8 nitrogen and oxygen atoms in total. The molecule has 2 aromatic heterocycles. The molecule has 0 aliphatic rings. The minimum Gasteiger partial charge on any atom is -0.340 e. The average Bonchev–Trinajstić information content (AvgIpc) is 3.21. The zero-order valence-electron chi connectivity index (χ0n) is 16.8. The Labute approximate surface area is 167 Å². The molecule has 29 heavy (non-hydrogen) atoms. The highest BCUT2D eigenvalue weighted by atomic mass is 19.1. The predicted octanol–water partition coefficient (Wildman–Crippen LogP) is 2.28. The number of benzene rings is 1. The molecule has 9 heteroatoms. The summed E-state index contributed by atoms with van der Waals surface area (Å²) in [6, 6.07) is 5.24. The molecule has 0 atom stereocenters. The van der Waals surface area contributed by atoms with Gasteiger partial charge in [-0.2, -0.15) is 10.2 Å². The van der Waals surface area contributed by atoms with Gasteiger partial charge in [-0.3, -0.25) is 19.0 Å². The molecule has 0 saturated heterocycles. The van der Waals surface area contributed by atoms with Crippen molar-refractivity contribution in [1.82, 2.24) is 24.5 Å². The van der Waals surface area contributed by atoms with Crippen molar-refractivity contribution in [3.8, 4) is 0 Å². The van der Waals surface area contributed by atoms with Crippen LogP contribution < -0.4 is 5.32 Å². The number of rotatable bonds is 6. The summed E-state index contributed by atoms with van der Waals surface area (Å²) in [5.41, 5.74) is 3.73. The van der Waals surface area contributed by atoms with Crippen LogP contribution in [0.1, 0.15) is 27.3 Å². The monoisotopic (exact) mass is 398 g/mol. The third-order valence-electron chi connectivity index (χ3n) is 4.77. The van der Waals surface area contributed by atoms with E-state index in [1.807, 2.05) is 20.9 Å². The van der Waals surface area contributed by atoms with Gasteiger partial charge in [0.2, 0.25) is 5.91 Å². The molecule has 0 aliphatic heterocycles. The Bertz CT molecular complexity index is 1040. The highest BCUT2D eigenvalue weighted by Crippen LogP contribution is 2.15. The molecule has 0 unspecified atom stereocenters. The van der Waals surface area contributed by atoms with E-state index in [0.717, 1.165) is 17.0 Å². The fraction of sp³-hybridized carbons (Fsp3) is 0.300. The van der Waals surface area contributed by atoms with E-state index >= 15 is 0 Å². The Morgan fingerprint density at radius 1 is 1.21 bits per heavy atom. The van der Waals surface area contributed by atoms with Crippen LogP contribution in [0.15, 0.2) is 36.7 Å². The molecule has 0 radical (unpaired) electrons. The Balaban J connectivity index is 1.59. The highest BCUT2D eigenvalue weighted by Gasteiger charge is 2.16. The van der Waals surface area contributed by atoms with Crippen LogP contribution >= 0.6 is 0 Å². The Hall–Kier alpha value is -3.49. The van der Waals surface area contributed by atoms with E-state index in [2.05, 4.69) is 15.5 Å². The quantitative estimate of drug-likeness (QED) is 0.690. The average molecular weight is 398 g/mol. The van der Waals surface area contributed by atoms with Crippen molar-refractivity contribution in [2.24, 2.45) is 7.05 Å². The highest BCUT2D eigenvalue weighted by molar-refractivity contribution is 6.04. The molecular weight excluding hydrogens is 375 g/mol. The SMILES string of the molecule is Cc1nn(C)c(C)c1CN(C)C(=O)Cn1cc(NC(=O)c2ccc(F)cc2)cn1. The topological polar surface area (TPSA) is 85.0 Å². The van der Waals surface area contributed by atoms with E-state index in [0.29, 0.717) is 17.8 Å². The number of carbonyl (C=O) groups excluding carboxylic acids is 2. The number of aryl methyl sites for hydroxylation is 2. The number of hydrogen-bond acceptors (Lipinski definition) is 4. The molecule has 152 valence electrons. The summed E-state index contributed by atoms with van der Waals surface area (Å²) >= 11 is 0. The third-order valence-corrected chi connectivity index (χ3v) is 4.77. The minimum absolute atomic E-state index is 0.0429. The molecule has 2 amide bonds. The van der Waals surface area contributed by atoms with Crippen molar-refractivity contribution >= 4 is 17.5 Å². The zero-order valence-corrected chi connectivity index (χ0v) is 16.8. The molecule has 0 fully saturated rings. The zero-order chi connectivity index (χ0) is 21.1. The van der Waals surface area contributed by atoms with E-state index in [1.165, 1.54) is 35.1 Å². The number of hydrogen-bond donors (Lipinski definition) is 1. The first-order valence-corrected chi connectivity index (χ1v) is 9.07. The molecule has 1 N–H and O–H groups in total. The number of carbonyl (C=O) groups is 2. The van der Waals surface area contributed by atoms with Crippen LogP contribution in [-0.4, -0.2) is 43.3 Å². The maximum Gasteiger partial charge on any atom is 0.255 e. The molecule has 3 aromatic rings. The minimum atomic E-state index is -0.409. The number of likely N-dealkylation sites (N-methyl/N-ethyl adjacent to an activating group) is 1. The van der Waals surface area contributed by atoms with Crippen molar-refractivity contribution in [2.75, 3.05) is 12.4 Å². The fourth-order valence-corrected chi connectivity index (χ4v) is 2.95. The van der Waals surface area contributed by atoms with Gasteiger partial charge in [0.05, 0.1) is 17.6 Å². The van der Waals surface area contributed by atoms with E-state index in [-0.39, 0.29) is 18.4 Å². The van der Waals surface area contributed by atoms with E-state index in [4.69, 9.17) is 0 Å². The summed E-state index contributed by atoms with van der Waals surface area (Å²) in [6.45, 7) is 4.39. The van der Waals surface area contributed by atoms with Gasteiger partial charge >= 0.3 is 0 Å². The number of amides is 2. The lowest BCUT2D eigenvalue weighted by molar-refractivity contribution is -0.131. The summed E-state index contributed by atoms with van der Waals surface area (Å²) in [6.07, 6.45) is 3.04. The maximum atomic E-state index is 13.0. The van der Waals surface area contributed by atoms with E-state index in [1.54, 1.807) is 22.8 Å².